The number of pyridine rings is 1. The van der Waals surface area contributed by atoms with Gasteiger partial charge < -0.3 is 10.5 Å². The molecular formula is C13H12ClN3O3. The quantitative estimate of drug-likeness (QED) is 0.688. The van der Waals surface area contributed by atoms with E-state index in [0.29, 0.717) is 11.5 Å². The van der Waals surface area contributed by atoms with E-state index in [9.17, 15) is 10.1 Å². The second-order valence-corrected chi connectivity index (χ2v) is 4.59. The van der Waals surface area contributed by atoms with E-state index in [0.717, 1.165) is 5.69 Å². The molecule has 20 heavy (non-hydrogen) atoms. The lowest BCUT2D eigenvalue weighted by molar-refractivity contribution is -0.384. The topological polar surface area (TPSA) is 91.3 Å². The van der Waals surface area contributed by atoms with Crippen molar-refractivity contribution in [2.24, 2.45) is 5.73 Å². The molecule has 2 N–H and O–H groups in total. The number of halogens is 1. The standard InChI is InChI=1S/C13H12ClN3O3/c1-8(15)12-4-3-10(7-16-12)20-13-5-2-9(17(18)19)6-11(13)14/h2-8H,15H2,1H3/t8-/m0/s1. The predicted molar refractivity (Wildman–Crippen MR) is 75.0 cm³/mol. The molecule has 1 aromatic carbocycles. The molecule has 0 spiro atoms. The molecule has 0 fully saturated rings. The summed E-state index contributed by atoms with van der Waals surface area (Å²) in [6.45, 7) is 1.83. The van der Waals surface area contributed by atoms with Crippen LogP contribution in [0.2, 0.25) is 5.02 Å². The summed E-state index contributed by atoms with van der Waals surface area (Å²) >= 11 is 5.94. The third kappa shape index (κ3) is 3.23. The smallest absolute Gasteiger partial charge is 0.271 e. The van der Waals surface area contributed by atoms with Gasteiger partial charge in [-0.1, -0.05) is 11.6 Å². The summed E-state index contributed by atoms with van der Waals surface area (Å²) in [6, 6.07) is 7.31. The van der Waals surface area contributed by atoms with Gasteiger partial charge in [0.2, 0.25) is 0 Å². The minimum Gasteiger partial charge on any atom is -0.454 e. The zero-order chi connectivity index (χ0) is 14.7. The second kappa shape index (κ2) is 5.85. The Kier molecular flexibility index (Phi) is 4.16. The fourth-order valence-corrected chi connectivity index (χ4v) is 1.75. The van der Waals surface area contributed by atoms with Gasteiger partial charge >= 0.3 is 0 Å². The molecule has 1 atom stereocenters. The van der Waals surface area contributed by atoms with Crippen LogP contribution < -0.4 is 10.5 Å². The SMILES string of the molecule is C[C@H](N)c1ccc(Oc2ccc([N+](=O)[O-])cc2Cl)cn1. The van der Waals surface area contributed by atoms with E-state index < -0.39 is 4.92 Å². The minimum atomic E-state index is -0.519. The van der Waals surface area contributed by atoms with Crippen LogP contribution in [0, 0.1) is 10.1 Å². The molecule has 104 valence electrons. The monoisotopic (exact) mass is 293 g/mol. The van der Waals surface area contributed by atoms with E-state index in [2.05, 4.69) is 4.98 Å². The van der Waals surface area contributed by atoms with Crippen molar-refractivity contribution in [1.29, 1.82) is 0 Å². The van der Waals surface area contributed by atoms with E-state index in [1.54, 1.807) is 12.1 Å². The van der Waals surface area contributed by atoms with Gasteiger partial charge in [0, 0.05) is 18.2 Å². The van der Waals surface area contributed by atoms with E-state index in [-0.39, 0.29) is 16.8 Å². The van der Waals surface area contributed by atoms with Crippen molar-refractivity contribution in [2.45, 2.75) is 13.0 Å². The summed E-state index contributed by atoms with van der Waals surface area (Å²) < 4.78 is 5.52. The van der Waals surface area contributed by atoms with Gasteiger partial charge in [-0.15, -0.1) is 0 Å². The molecule has 6 nitrogen and oxygen atoms in total. The van der Waals surface area contributed by atoms with Crippen LogP contribution in [-0.4, -0.2) is 9.91 Å². The van der Waals surface area contributed by atoms with Gasteiger partial charge in [-0.25, -0.2) is 0 Å². The molecule has 0 aliphatic rings. The molecule has 2 aromatic rings. The van der Waals surface area contributed by atoms with Crippen LogP contribution in [0.3, 0.4) is 0 Å². The first-order valence-electron chi connectivity index (χ1n) is 5.80. The van der Waals surface area contributed by atoms with E-state index in [4.69, 9.17) is 22.1 Å². The first kappa shape index (κ1) is 14.2. The van der Waals surface area contributed by atoms with Gasteiger partial charge in [-0.05, 0) is 25.1 Å². The van der Waals surface area contributed by atoms with Crippen LogP contribution in [0.1, 0.15) is 18.7 Å². The maximum atomic E-state index is 10.6. The van der Waals surface area contributed by atoms with Gasteiger partial charge in [0.15, 0.2) is 0 Å². The Bertz CT molecular complexity index is 629. The molecule has 1 aromatic heterocycles. The molecule has 0 saturated heterocycles. The van der Waals surface area contributed by atoms with Crippen molar-refractivity contribution in [2.75, 3.05) is 0 Å². The minimum absolute atomic E-state index is 0.0900. The Morgan fingerprint density at radius 3 is 2.65 bits per heavy atom. The zero-order valence-corrected chi connectivity index (χ0v) is 11.4. The normalized spacial score (nSPS) is 11.9. The number of nitro benzene ring substituents is 1. The average Bonchev–Trinajstić information content (AvgIpc) is 2.41. The number of nitrogens with zero attached hydrogens (tertiary/aromatic N) is 2. The number of nitrogens with two attached hydrogens (primary N) is 1. The fourth-order valence-electron chi connectivity index (χ4n) is 1.53. The van der Waals surface area contributed by atoms with Crippen LogP contribution >= 0.6 is 11.6 Å². The molecule has 1 heterocycles. The number of non-ortho nitro benzene ring substituents is 1. The summed E-state index contributed by atoms with van der Waals surface area (Å²) in [5.74, 6) is 0.803. The number of ether oxygens (including phenoxy) is 1. The fraction of sp³-hybridized carbons (Fsp3) is 0.154. The summed E-state index contributed by atoms with van der Waals surface area (Å²) in [4.78, 5) is 14.2. The van der Waals surface area contributed by atoms with Crippen molar-refractivity contribution < 1.29 is 9.66 Å². The molecule has 0 unspecified atom stereocenters. The van der Waals surface area contributed by atoms with Gasteiger partial charge in [0.25, 0.3) is 5.69 Å². The highest BCUT2D eigenvalue weighted by atomic mass is 35.5. The van der Waals surface area contributed by atoms with Gasteiger partial charge in [-0.3, -0.25) is 15.1 Å². The zero-order valence-electron chi connectivity index (χ0n) is 10.6. The lowest BCUT2D eigenvalue weighted by Gasteiger charge is -2.09. The number of benzene rings is 1. The summed E-state index contributed by atoms with van der Waals surface area (Å²) in [5, 5.41) is 10.8. The molecule has 0 bridgehead atoms. The van der Waals surface area contributed by atoms with Gasteiger partial charge in [0.1, 0.15) is 11.5 Å². The molecule has 0 radical (unpaired) electrons. The number of aromatic nitrogens is 1. The highest BCUT2D eigenvalue weighted by Gasteiger charge is 2.11. The summed E-state index contributed by atoms with van der Waals surface area (Å²) in [7, 11) is 0. The maximum Gasteiger partial charge on any atom is 0.271 e. The lowest BCUT2D eigenvalue weighted by Crippen LogP contribution is -2.06. The highest BCUT2D eigenvalue weighted by molar-refractivity contribution is 6.32. The molecule has 0 aliphatic carbocycles. The Balaban J connectivity index is 2.19. The Morgan fingerprint density at radius 2 is 2.15 bits per heavy atom. The number of hydrogen-bond acceptors (Lipinski definition) is 5. The number of nitro groups is 1. The largest absolute Gasteiger partial charge is 0.454 e. The highest BCUT2D eigenvalue weighted by Crippen LogP contribution is 2.32. The number of rotatable bonds is 4. The Hall–Kier alpha value is -2.18. The van der Waals surface area contributed by atoms with Crippen molar-refractivity contribution in [3.05, 3.63) is 57.4 Å². The Labute approximate surface area is 120 Å². The van der Waals surface area contributed by atoms with E-state index in [1.807, 2.05) is 6.92 Å². The van der Waals surface area contributed by atoms with Crippen LogP contribution in [-0.2, 0) is 0 Å². The van der Waals surface area contributed by atoms with Crippen molar-refractivity contribution in [3.8, 4) is 11.5 Å². The molecule has 7 heteroatoms. The molecule has 2 rings (SSSR count). The van der Waals surface area contributed by atoms with Crippen LogP contribution in [0.4, 0.5) is 5.69 Å². The summed E-state index contributed by atoms with van der Waals surface area (Å²) in [6.07, 6.45) is 1.52. The van der Waals surface area contributed by atoms with Crippen LogP contribution in [0.5, 0.6) is 11.5 Å². The second-order valence-electron chi connectivity index (χ2n) is 4.18. The van der Waals surface area contributed by atoms with Crippen molar-refractivity contribution in [3.63, 3.8) is 0 Å². The molecule has 0 saturated carbocycles. The van der Waals surface area contributed by atoms with Crippen molar-refractivity contribution in [1.82, 2.24) is 4.98 Å². The average molecular weight is 294 g/mol. The lowest BCUT2D eigenvalue weighted by atomic mass is 10.2. The third-order valence-electron chi connectivity index (χ3n) is 2.58. The van der Waals surface area contributed by atoms with E-state index >= 15 is 0 Å². The Morgan fingerprint density at radius 1 is 1.40 bits per heavy atom. The van der Waals surface area contributed by atoms with Gasteiger partial charge in [-0.2, -0.15) is 0 Å². The summed E-state index contributed by atoms with van der Waals surface area (Å²) in [5.41, 5.74) is 6.35. The third-order valence-corrected chi connectivity index (χ3v) is 2.88. The maximum absolute atomic E-state index is 10.6. The molecule has 0 amide bonds. The first-order valence-corrected chi connectivity index (χ1v) is 6.18. The first-order chi connectivity index (χ1) is 9.47. The van der Waals surface area contributed by atoms with Crippen LogP contribution in [0.15, 0.2) is 36.5 Å². The van der Waals surface area contributed by atoms with Crippen LogP contribution in [0.25, 0.3) is 0 Å². The predicted octanol–water partition coefficient (Wildman–Crippen LogP) is 3.46. The van der Waals surface area contributed by atoms with Gasteiger partial charge in [0.05, 0.1) is 21.8 Å². The molecule has 0 aliphatic heterocycles. The molecular weight excluding hydrogens is 282 g/mol. The van der Waals surface area contributed by atoms with Crippen molar-refractivity contribution >= 4 is 17.3 Å². The van der Waals surface area contributed by atoms with E-state index in [1.165, 1.54) is 24.4 Å². The number of hydrogen-bond donors (Lipinski definition) is 1.